The Balaban J connectivity index is 1.83. The number of anilines is 1. The average molecular weight is 436 g/mol. The van der Waals surface area contributed by atoms with Crippen molar-refractivity contribution in [3.05, 3.63) is 42.4 Å². The zero-order valence-corrected chi connectivity index (χ0v) is 17.9. The van der Waals surface area contributed by atoms with Gasteiger partial charge in [0.05, 0.1) is 12.9 Å². The van der Waals surface area contributed by atoms with Gasteiger partial charge in [-0.25, -0.2) is 12.7 Å². The Bertz CT molecular complexity index is 1020. The minimum absolute atomic E-state index is 0.0397. The van der Waals surface area contributed by atoms with Gasteiger partial charge in [0.25, 0.3) is 5.91 Å². The van der Waals surface area contributed by atoms with E-state index in [1.165, 1.54) is 37.4 Å². The number of ether oxygens (including phenoxy) is 1. The second-order valence-electron chi connectivity index (χ2n) is 7.01. The number of nitrogens with zero attached hydrogens (tertiary/aromatic N) is 2. The van der Waals surface area contributed by atoms with E-state index in [1.807, 2.05) is 0 Å². The summed E-state index contributed by atoms with van der Waals surface area (Å²) in [5, 5.41) is 2.73. The largest absolute Gasteiger partial charge is 0.492 e. The average Bonchev–Trinajstić information content (AvgIpc) is 3.40. The van der Waals surface area contributed by atoms with Gasteiger partial charge in [-0.15, -0.1) is 0 Å². The fourth-order valence-electron chi connectivity index (χ4n) is 3.31. The third-order valence-corrected chi connectivity index (χ3v) is 6.65. The number of furan rings is 1. The van der Waals surface area contributed by atoms with Gasteiger partial charge in [0.15, 0.2) is 5.76 Å². The highest BCUT2D eigenvalue weighted by Gasteiger charge is 2.35. The van der Waals surface area contributed by atoms with Crippen molar-refractivity contribution < 1.29 is 27.2 Å². The molecule has 2 aromatic rings. The lowest BCUT2D eigenvalue weighted by Gasteiger charge is -2.23. The fraction of sp³-hybridized carbons (Fsp3) is 0.400. The first-order chi connectivity index (χ1) is 14.3. The Labute approximate surface area is 175 Å². The van der Waals surface area contributed by atoms with Gasteiger partial charge in [0.2, 0.25) is 15.9 Å². The van der Waals surface area contributed by atoms with E-state index in [-0.39, 0.29) is 28.2 Å². The van der Waals surface area contributed by atoms with Gasteiger partial charge in [-0.3, -0.25) is 9.59 Å². The van der Waals surface area contributed by atoms with Crippen molar-refractivity contribution in [3.8, 4) is 5.75 Å². The number of hydrogen-bond acceptors (Lipinski definition) is 6. The van der Waals surface area contributed by atoms with Gasteiger partial charge in [-0.05, 0) is 50.1 Å². The predicted molar refractivity (Wildman–Crippen MR) is 110 cm³/mol. The van der Waals surface area contributed by atoms with Crippen LogP contribution in [-0.4, -0.2) is 62.7 Å². The molecule has 1 aliphatic heterocycles. The minimum Gasteiger partial charge on any atom is -0.492 e. The molecule has 1 atom stereocenters. The van der Waals surface area contributed by atoms with Crippen molar-refractivity contribution in [2.24, 2.45) is 0 Å². The first kappa shape index (κ1) is 21.8. The van der Waals surface area contributed by atoms with Crippen LogP contribution in [0.2, 0.25) is 0 Å². The van der Waals surface area contributed by atoms with E-state index in [4.69, 9.17) is 9.15 Å². The summed E-state index contributed by atoms with van der Waals surface area (Å²) < 4.78 is 37.0. The normalized spacial score (nSPS) is 16.7. The highest BCUT2D eigenvalue weighted by Crippen LogP contribution is 2.30. The highest BCUT2D eigenvalue weighted by atomic mass is 32.2. The third-order valence-electron chi connectivity index (χ3n) is 4.82. The first-order valence-electron chi connectivity index (χ1n) is 9.60. The summed E-state index contributed by atoms with van der Waals surface area (Å²) in [5.41, 5.74) is 0.307. The molecule has 1 aromatic carbocycles. The molecule has 0 unspecified atom stereocenters. The molecule has 2 heterocycles. The number of hydrogen-bond donors (Lipinski definition) is 1. The van der Waals surface area contributed by atoms with Crippen molar-refractivity contribution in [1.82, 2.24) is 9.21 Å². The molecule has 9 nitrogen and oxygen atoms in total. The van der Waals surface area contributed by atoms with Crippen molar-refractivity contribution in [2.45, 2.75) is 30.7 Å². The number of likely N-dealkylation sites (tertiary alicyclic amines) is 1. The van der Waals surface area contributed by atoms with E-state index in [0.29, 0.717) is 31.7 Å². The summed E-state index contributed by atoms with van der Waals surface area (Å²) in [4.78, 5) is 26.9. The lowest BCUT2D eigenvalue weighted by molar-refractivity contribution is -0.119. The van der Waals surface area contributed by atoms with Crippen LogP contribution in [0.15, 0.2) is 45.9 Å². The highest BCUT2D eigenvalue weighted by molar-refractivity contribution is 7.89. The van der Waals surface area contributed by atoms with Gasteiger partial charge in [-0.2, -0.15) is 0 Å². The van der Waals surface area contributed by atoms with Crippen LogP contribution in [0, 0.1) is 0 Å². The van der Waals surface area contributed by atoms with Crippen LogP contribution in [0.1, 0.15) is 30.3 Å². The minimum atomic E-state index is -3.78. The molecule has 1 aromatic heterocycles. The van der Waals surface area contributed by atoms with E-state index >= 15 is 0 Å². The Morgan fingerprint density at radius 2 is 2.07 bits per heavy atom. The maximum atomic E-state index is 12.9. The van der Waals surface area contributed by atoms with Gasteiger partial charge >= 0.3 is 0 Å². The Hall–Kier alpha value is -2.85. The molecule has 1 aliphatic rings. The molecule has 1 fully saturated rings. The molecule has 162 valence electrons. The molecule has 0 spiro atoms. The van der Waals surface area contributed by atoms with Crippen molar-refractivity contribution in [2.75, 3.05) is 32.6 Å². The Morgan fingerprint density at radius 1 is 1.30 bits per heavy atom. The molecule has 1 saturated heterocycles. The third kappa shape index (κ3) is 4.34. The van der Waals surface area contributed by atoms with Gasteiger partial charge < -0.3 is 19.4 Å². The molecular weight excluding hydrogens is 410 g/mol. The maximum Gasteiger partial charge on any atom is 0.290 e. The summed E-state index contributed by atoms with van der Waals surface area (Å²) in [7, 11) is -0.934. The second-order valence-corrected chi connectivity index (χ2v) is 9.13. The number of amides is 2. The van der Waals surface area contributed by atoms with E-state index in [9.17, 15) is 18.0 Å². The fourth-order valence-corrected chi connectivity index (χ4v) is 4.36. The van der Waals surface area contributed by atoms with Crippen LogP contribution in [0.4, 0.5) is 5.69 Å². The lowest BCUT2D eigenvalue weighted by atomic mass is 10.2. The number of carbonyl (C=O) groups is 2. The van der Waals surface area contributed by atoms with Crippen LogP contribution in [-0.2, 0) is 14.8 Å². The number of rotatable bonds is 7. The molecule has 0 radical (unpaired) electrons. The summed E-state index contributed by atoms with van der Waals surface area (Å²) >= 11 is 0. The quantitative estimate of drug-likeness (QED) is 0.714. The van der Waals surface area contributed by atoms with Gasteiger partial charge in [0, 0.05) is 26.3 Å². The van der Waals surface area contributed by atoms with Gasteiger partial charge in [0.1, 0.15) is 16.7 Å². The predicted octanol–water partition coefficient (Wildman–Crippen LogP) is 2.17. The smallest absolute Gasteiger partial charge is 0.290 e. The number of nitrogens with one attached hydrogen (secondary N) is 1. The van der Waals surface area contributed by atoms with Crippen LogP contribution < -0.4 is 10.1 Å². The number of sulfonamides is 1. The Morgan fingerprint density at radius 3 is 2.70 bits per heavy atom. The standard InChI is InChI=1S/C20H25N3O6S/c1-4-28-16-10-9-14(13-18(16)30(26,27)22(2)3)21-19(24)15-7-5-11-23(15)20(25)17-8-6-12-29-17/h6,8-10,12-13,15H,4-5,7,11H2,1-3H3,(H,21,24)/t15-/m0/s1. The summed E-state index contributed by atoms with van der Waals surface area (Å²) in [6.45, 7) is 2.50. The van der Waals surface area contributed by atoms with Crippen LogP contribution in [0.3, 0.4) is 0 Å². The van der Waals surface area contributed by atoms with Crippen LogP contribution in [0.5, 0.6) is 5.75 Å². The van der Waals surface area contributed by atoms with E-state index in [0.717, 1.165) is 4.31 Å². The van der Waals surface area contributed by atoms with Crippen molar-refractivity contribution >= 4 is 27.5 Å². The molecule has 10 heteroatoms. The lowest BCUT2D eigenvalue weighted by Crippen LogP contribution is -2.43. The van der Waals surface area contributed by atoms with Gasteiger partial charge in [-0.1, -0.05) is 0 Å². The summed E-state index contributed by atoms with van der Waals surface area (Å²) in [6.07, 6.45) is 2.61. The number of carbonyl (C=O) groups excluding carboxylic acids is 2. The van der Waals surface area contributed by atoms with E-state index < -0.39 is 16.1 Å². The molecule has 30 heavy (non-hydrogen) atoms. The number of benzene rings is 1. The topological polar surface area (TPSA) is 109 Å². The van der Waals surface area contributed by atoms with Crippen LogP contribution >= 0.6 is 0 Å². The monoisotopic (exact) mass is 435 g/mol. The van der Waals surface area contributed by atoms with E-state index in [1.54, 1.807) is 25.1 Å². The molecule has 1 N–H and O–H groups in total. The van der Waals surface area contributed by atoms with Crippen molar-refractivity contribution in [1.29, 1.82) is 0 Å². The van der Waals surface area contributed by atoms with Crippen molar-refractivity contribution in [3.63, 3.8) is 0 Å². The zero-order valence-electron chi connectivity index (χ0n) is 17.1. The molecule has 3 rings (SSSR count). The first-order valence-corrected chi connectivity index (χ1v) is 11.0. The summed E-state index contributed by atoms with van der Waals surface area (Å²) in [5.74, 6) is -0.347. The van der Waals surface area contributed by atoms with Crippen LogP contribution in [0.25, 0.3) is 0 Å². The molecule has 0 aliphatic carbocycles. The van der Waals surface area contributed by atoms with E-state index in [2.05, 4.69) is 5.32 Å². The Kier molecular flexibility index (Phi) is 6.47. The summed E-state index contributed by atoms with van der Waals surface area (Å²) in [6, 6.07) is 6.96. The SMILES string of the molecule is CCOc1ccc(NC(=O)[C@@H]2CCCN2C(=O)c2ccco2)cc1S(=O)(=O)N(C)C. The molecular formula is C20H25N3O6S. The zero-order chi connectivity index (χ0) is 21.9. The second kappa shape index (κ2) is 8.88. The molecule has 0 saturated carbocycles. The molecule has 0 bridgehead atoms. The maximum absolute atomic E-state index is 12.9. The molecule has 2 amide bonds.